The number of nitrogens with zero attached hydrogens (tertiary/aromatic N) is 1. The third kappa shape index (κ3) is 7.05. The third-order valence-electron chi connectivity index (χ3n) is 5.78. The molecular formula is C25H30F2N2O4. The first-order valence-corrected chi connectivity index (χ1v) is 11.5. The van der Waals surface area contributed by atoms with Gasteiger partial charge in [0, 0.05) is 32.1 Å². The average Bonchev–Trinajstić information content (AvgIpc) is 3.22. The Morgan fingerprint density at radius 1 is 1.15 bits per heavy atom. The van der Waals surface area contributed by atoms with Gasteiger partial charge in [-0.05, 0) is 61.2 Å². The zero-order chi connectivity index (χ0) is 23.0. The Morgan fingerprint density at radius 2 is 1.94 bits per heavy atom. The highest BCUT2D eigenvalue weighted by Gasteiger charge is 2.25. The molecule has 33 heavy (non-hydrogen) atoms. The first-order valence-electron chi connectivity index (χ1n) is 11.5. The zero-order valence-electron chi connectivity index (χ0n) is 18.6. The number of hydrogen-bond acceptors (Lipinski definition) is 5. The number of hydrogen-bond donors (Lipinski definition) is 1. The lowest BCUT2D eigenvalue weighted by Gasteiger charge is -2.25. The van der Waals surface area contributed by atoms with Crippen molar-refractivity contribution in [1.29, 1.82) is 0 Å². The predicted molar refractivity (Wildman–Crippen MR) is 120 cm³/mol. The Bertz CT molecular complexity index is 925. The van der Waals surface area contributed by atoms with Gasteiger partial charge in [-0.15, -0.1) is 0 Å². The van der Waals surface area contributed by atoms with Crippen LogP contribution in [-0.2, 0) is 11.2 Å². The van der Waals surface area contributed by atoms with E-state index in [-0.39, 0.29) is 17.8 Å². The maximum atomic E-state index is 13.7. The van der Waals surface area contributed by atoms with Crippen LogP contribution in [0.5, 0.6) is 17.2 Å². The van der Waals surface area contributed by atoms with Crippen molar-refractivity contribution in [3.63, 3.8) is 0 Å². The largest absolute Gasteiger partial charge is 0.494 e. The summed E-state index contributed by atoms with van der Waals surface area (Å²) in [5.41, 5.74) is 1.03. The van der Waals surface area contributed by atoms with Gasteiger partial charge in [-0.25, -0.2) is 8.78 Å². The van der Waals surface area contributed by atoms with E-state index >= 15 is 0 Å². The lowest BCUT2D eigenvalue weighted by Crippen LogP contribution is -2.44. The van der Waals surface area contributed by atoms with E-state index < -0.39 is 6.17 Å². The molecule has 2 aromatic carbocycles. The zero-order valence-corrected chi connectivity index (χ0v) is 18.6. The van der Waals surface area contributed by atoms with Crippen LogP contribution in [0, 0.1) is 5.82 Å². The van der Waals surface area contributed by atoms with Crippen molar-refractivity contribution in [3.05, 3.63) is 53.8 Å². The van der Waals surface area contributed by atoms with E-state index in [0.29, 0.717) is 76.6 Å². The van der Waals surface area contributed by atoms with Crippen molar-refractivity contribution in [3.8, 4) is 17.2 Å². The Morgan fingerprint density at radius 3 is 2.70 bits per heavy atom. The van der Waals surface area contributed by atoms with E-state index in [0.717, 1.165) is 11.3 Å². The van der Waals surface area contributed by atoms with E-state index in [1.54, 1.807) is 12.1 Å². The number of ether oxygens (including phenoxy) is 3. The maximum absolute atomic E-state index is 13.7. The number of halogens is 2. The first-order chi connectivity index (χ1) is 16.0. The highest BCUT2D eigenvalue weighted by molar-refractivity contribution is 5.76. The van der Waals surface area contributed by atoms with Crippen LogP contribution < -0.4 is 19.5 Å². The highest BCUT2D eigenvalue weighted by atomic mass is 19.1. The second-order valence-electron chi connectivity index (χ2n) is 8.50. The Hall–Kier alpha value is -2.87. The summed E-state index contributed by atoms with van der Waals surface area (Å²) in [6, 6.07) is 11.5. The van der Waals surface area contributed by atoms with Gasteiger partial charge in [-0.1, -0.05) is 6.07 Å². The fourth-order valence-corrected chi connectivity index (χ4v) is 4.18. The Labute approximate surface area is 192 Å². The summed E-state index contributed by atoms with van der Waals surface area (Å²) < 4.78 is 43.5. The molecule has 8 heteroatoms. The quantitative estimate of drug-likeness (QED) is 0.550. The minimum atomic E-state index is -0.806. The standard InChI is InChI=1S/C25H30F2N2O4/c26-19-4-6-22(7-5-19)31-11-1-2-25(30)28-21(17-29-10-9-20(27)16-29)14-18-3-8-23-24(15-18)33-13-12-32-23/h3-8,15,20-21H,1-2,9-14,16-17H2,(H,28,30). The van der Waals surface area contributed by atoms with Crippen LogP contribution in [-0.4, -0.2) is 62.5 Å². The lowest BCUT2D eigenvalue weighted by atomic mass is 10.0. The Kier molecular flexibility index (Phi) is 7.99. The number of nitrogens with one attached hydrogen (secondary N) is 1. The molecule has 2 atom stereocenters. The summed E-state index contributed by atoms with van der Waals surface area (Å²) >= 11 is 0. The van der Waals surface area contributed by atoms with Gasteiger partial charge in [-0.3, -0.25) is 9.69 Å². The lowest BCUT2D eigenvalue weighted by molar-refractivity contribution is -0.122. The number of carbonyl (C=O) groups is 1. The predicted octanol–water partition coefficient (Wildman–Crippen LogP) is 3.53. The van der Waals surface area contributed by atoms with Crippen molar-refractivity contribution in [2.24, 2.45) is 0 Å². The highest BCUT2D eigenvalue weighted by Crippen LogP contribution is 2.31. The minimum Gasteiger partial charge on any atom is -0.494 e. The second-order valence-corrected chi connectivity index (χ2v) is 8.50. The number of rotatable bonds is 10. The minimum absolute atomic E-state index is 0.0729. The molecule has 1 N–H and O–H groups in total. The van der Waals surface area contributed by atoms with Gasteiger partial charge in [0.15, 0.2) is 11.5 Å². The summed E-state index contributed by atoms with van der Waals surface area (Å²) in [5.74, 6) is 1.63. The number of likely N-dealkylation sites (tertiary alicyclic amines) is 1. The summed E-state index contributed by atoms with van der Waals surface area (Å²) in [4.78, 5) is 14.7. The van der Waals surface area contributed by atoms with Crippen molar-refractivity contribution in [2.45, 2.75) is 37.9 Å². The van der Waals surface area contributed by atoms with E-state index in [9.17, 15) is 13.6 Å². The molecule has 0 saturated carbocycles. The van der Waals surface area contributed by atoms with E-state index in [4.69, 9.17) is 14.2 Å². The molecule has 1 fully saturated rings. The van der Waals surface area contributed by atoms with Gasteiger partial charge in [0.2, 0.25) is 5.91 Å². The number of alkyl halides is 1. The number of carbonyl (C=O) groups excluding carboxylic acids is 1. The summed E-state index contributed by atoms with van der Waals surface area (Å²) in [6.07, 6.45) is 1.19. The van der Waals surface area contributed by atoms with Crippen LogP contribution in [0.15, 0.2) is 42.5 Å². The average molecular weight is 461 g/mol. The van der Waals surface area contributed by atoms with Crippen LogP contribution in [0.3, 0.4) is 0 Å². The second kappa shape index (κ2) is 11.3. The van der Waals surface area contributed by atoms with Gasteiger partial charge in [0.05, 0.1) is 6.61 Å². The molecule has 0 spiro atoms. The molecule has 4 rings (SSSR count). The molecule has 2 aliphatic heterocycles. The number of benzene rings is 2. The molecule has 6 nitrogen and oxygen atoms in total. The molecule has 0 aliphatic carbocycles. The first kappa shape index (κ1) is 23.3. The molecule has 2 unspecified atom stereocenters. The van der Waals surface area contributed by atoms with Gasteiger partial charge < -0.3 is 19.5 Å². The molecule has 0 bridgehead atoms. The van der Waals surface area contributed by atoms with Crippen LogP contribution in [0.1, 0.15) is 24.8 Å². The van der Waals surface area contributed by atoms with Crippen molar-refractivity contribution >= 4 is 5.91 Å². The van der Waals surface area contributed by atoms with Gasteiger partial charge in [-0.2, -0.15) is 0 Å². The summed E-state index contributed by atoms with van der Waals surface area (Å²) in [7, 11) is 0. The molecule has 1 amide bonds. The normalized spacial score (nSPS) is 18.7. The number of amides is 1. The molecule has 2 aromatic rings. The van der Waals surface area contributed by atoms with E-state index in [2.05, 4.69) is 10.2 Å². The van der Waals surface area contributed by atoms with Crippen LogP contribution in [0.2, 0.25) is 0 Å². The SMILES string of the molecule is O=C(CCCOc1ccc(F)cc1)NC(Cc1ccc2c(c1)OCCO2)CN1CCC(F)C1. The summed E-state index contributed by atoms with van der Waals surface area (Å²) in [6.45, 7) is 3.10. The molecule has 0 aromatic heterocycles. The molecule has 1 saturated heterocycles. The van der Waals surface area contributed by atoms with Crippen molar-refractivity contribution < 1.29 is 27.8 Å². The van der Waals surface area contributed by atoms with E-state index in [1.165, 1.54) is 12.1 Å². The molecule has 2 heterocycles. The van der Waals surface area contributed by atoms with Gasteiger partial charge in [0.1, 0.15) is 31.0 Å². The smallest absolute Gasteiger partial charge is 0.220 e. The van der Waals surface area contributed by atoms with Crippen LogP contribution in [0.4, 0.5) is 8.78 Å². The maximum Gasteiger partial charge on any atom is 0.220 e. The molecule has 0 radical (unpaired) electrons. The van der Waals surface area contributed by atoms with Gasteiger partial charge in [0.25, 0.3) is 0 Å². The van der Waals surface area contributed by atoms with Crippen molar-refractivity contribution in [1.82, 2.24) is 10.2 Å². The van der Waals surface area contributed by atoms with Crippen LogP contribution >= 0.6 is 0 Å². The topological polar surface area (TPSA) is 60.0 Å². The molecule has 2 aliphatic rings. The van der Waals surface area contributed by atoms with Crippen LogP contribution in [0.25, 0.3) is 0 Å². The fourth-order valence-electron chi connectivity index (χ4n) is 4.18. The third-order valence-corrected chi connectivity index (χ3v) is 5.78. The Balaban J connectivity index is 1.30. The number of fused-ring (bicyclic) bond motifs is 1. The fraction of sp³-hybridized carbons (Fsp3) is 0.480. The molecular weight excluding hydrogens is 430 g/mol. The van der Waals surface area contributed by atoms with Gasteiger partial charge >= 0.3 is 0 Å². The summed E-state index contributed by atoms with van der Waals surface area (Å²) in [5, 5.41) is 3.11. The van der Waals surface area contributed by atoms with E-state index in [1.807, 2.05) is 18.2 Å². The van der Waals surface area contributed by atoms with Crippen molar-refractivity contribution in [2.75, 3.05) is 39.5 Å². The molecule has 178 valence electrons. The monoisotopic (exact) mass is 460 g/mol.